The van der Waals surface area contributed by atoms with Gasteiger partial charge in [0, 0.05) is 34.7 Å². The normalized spacial score (nSPS) is 18.2. The number of amides is 1. The predicted molar refractivity (Wildman–Crippen MR) is 123 cm³/mol. The van der Waals surface area contributed by atoms with Crippen LogP contribution in [-0.4, -0.2) is 43.9 Å². The van der Waals surface area contributed by atoms with Gasteiger partial charge in [0.15, 0.2) is 0 Å². The number of benzene rings is 1. The maximum atomic E-state index is 12.6. The summed E-state index contributed by atoms with van der Waals surface area (Å²) >= 11 is 0. The molecule has 0 aliphatic carbocycles. The van der Waals surface area contributed by atoms with Crippen molar-refractivity contribution in [2.75, 3.05) is 31.4 Å². The number of hydrogen-bond acceptors (Lipinski definition) is 7. The molecule has 1 amide bonds. The van der Waals surface area contributed by atoms with E-state index in [4.69, 9.17) is 4.74 Å². The number of ether oxygens (including phenoxy) is 2. The molecule has 0 fully saturated rings. The summed E-state index contributed by atoms with van der Waals surface area (Å²) in [5, 5.41) is 9.20. The Morgan fingerprint density at radius 3 is 2.66 bits per heavy atom. The SMILES string of the molecule is CCOC(=O)C1CCCCC(NC)c2cc(cc(=O)[nH]2)-c2ccc(NC(=O)OC)cc2N1. The number of methoxy groups -OCH3 is 1. The molecule has 0 radical (unpaired) electrons. The third kappa shape index (κ3) is 5.67. The lowest BCUT2D eigenvalue weighted by atomic mass is 9.96. The lowest BCUT2D eigenvalue weighted by molar-refractivity contribution is -0.144. The summed E-state index contributed by atoms with van der Waals surface area (Å²) in [5.74, 6) is -0.335. The number of nitrogens with one attached hydrogen (secondary N) is 4. The Morgan fingerprint density at radius 1 is 1.16 bits per heavy atom. The molecule has 0 spiro atoms. The molecule has 1 aromatic carbocycles. The maximum Gasteiger partial charge on any atom is 0.411 e. The molecule has 2 heterocycles. The molecule has 4 N–H and O–H groups in total. The molecule has 3 rings (SSSR count). The van der Waals surface area contributed by atoms with Crippen LogP contribution in [0.25, 0.3) is 11.1 Å². The number of aromatic amines is 1. The number of H-pyrrole nitrogens is 1. The molecule has 1 aliphatic rings. The number of carbonyl (C=O) groups excluding carboxylic acids is 2. The minimum absolute atomic E-state index is 0.0141. The first-order valence-corrected chi connectivity index (χ1v) is 10.8. The lowest BCUT2D eigenvalue weighted by Crippen LogP contribution is -2.32. The number of hydrogen-bond donors (Lipinski definition) is 4. The van der Waals surface area contributed by atoms with Gasteiger partial charge in [-0.1, -0.05) is 18.9 Å². The van der Waals surface area contributed by atoms with Crippen LogP contribution in [0.4, 0.5) is 16.2 Å². The fraction of sp³-hybridized carbons (Fsp3) is 0.435. The van der Waals surface area contributed by atoms with E-state index in [0.717, 1.165) is 30.5 Å². The monoisotopic (exact) mass is 442 g/mol. The van der Waals surface area contributed by atoms with Gasteiger partial charge in [-0.05, 0) is 50.6 Å². The fourth-order valence-electron chi connectivity index (χ4n) is 3.90. The molecule has 2 bridgehead atoms. The van der Waals surface area contributed by atoms with E-state index in [9.17, 15) is 14.4 Å². The van der Waals surface area contributed by atoms with Crippen molar-refractivity contribution in [3.05, 3.63) is 46.4 Å². The summed E-state index contributed by atoms with van der Waals surface area (Å²) in [4.78, 5) is 39.7. The summed E-state index contributed by atoms with van der Waals surface area (Å²) in [6.07, 6.45) is 2.48. The number of anilines is 2. The van der Waals surface area contributed by atoms with E-state index in [1.54, 1.807) is 25.1 Å². The highest BCUT2D eigenvalue weighted by atomic mass is 16.5. The van der Waals surface area contributed by atoms with E-state index in [1.165, 1.54) is 13.2 Å². The zero-order valence-electron chi connectivity index (χ0n) is 18.6. The highest BCUT2D eigenvalue weighted by Gasteiger charge is 2.23. The van der Waals surface area contributed by atoms with Crippen molar-refractivity contribution in [2.24, 2.45) is 0 Å². The van der Waals surface area contributed by atoms with Crippen LogP contribution in [0.1, 0.15) is 44.3 Å². The number of carbonyl (C=O) groups is 2. The Bertz CT molecular complexity index is 1020. The van der Waals surface area contributed by atoms with Crippen LogP contribution >= 0.6 is 0 Å². The van der Waals surface area contributed by atoms with E-state index >= 15 is 0 Å². The number of esters is 1. The van der Waals surface area contributed by atoms with Crippen LogP contribution in [0.3, 0.4) is 0 Å². The topological polar surface area (TPSA) is 122 Å². The summed E-state index contributed by atoms with van der Waals surface area (Å²) in [7, 11) is 3.15. The standard InChI is InChI=1S/C23H30N4O5/c1-4-32-22(29)18-8-6-5-7-17(24-2)20-11-14(12-21(28)27-20)16-10-9-15(13-19(16)26-18)25-23(30)31-3/h9-13,17-18,24,26H,4-8H2,1-3H3,(H,25,30)(H,27,28). The Kier molecular flexibility index (Phi) is 7.88. The van der Waals surface area contributed by atoms with E-state index < -0.39 is 12.1 Å². The van der Waals surface area contributed by atoms with Crippen molar-refractivity contribution < 1.29 is 19.1 Å². The zero-order chi connectivity index (χ0) is 23.1. The Labute approximate surface area is 186 Å². The Morgan fingerprint density at radius 2 is 1.94 bits per heavy atom. The maximum absolute atomic E-state index is 12.6. The molecule has 32 heavy (non-hydrogen) atoms. The van der Waals surface area contributed by atoms with Gasteiger partial charge in [0.25, 0.3) is 0 Å². The van der Waals surface area contributed by atoms with E-state index in [-0.39, 0.29) is 24.2 Å². The fourth-order valence-corrected chi connectivity index (χ4v) is 3.90. The average Bonchev–Trinajstić information content (AvgIpc) is 2.77. The summed E-state index contributed by atoms with van der Waals surface area (Å²) < 4.78 is 9.96. The summed E-state index contributed by atoms with van der Waals surface area (Å²) in [6.45, 7) is 2.06. The van der Waals surface area contributed by atoms with E-state index in [2.05, 4.69) is 25.7 Å². The van der Waals surface area contributed by atoms with E-state index in [1.807, 2.05) is 13.1 Å². The second-order valence-corrected chi connectivity index (χ2v) is 7.64. The van der Waals surface area contributed by atoms with E-state index in [0.29, 0.717) is 23.4 Å². The number of fused-ring (bicyclic) bond motifs is 4. The molecule has 9 heteroatoms. The molecule has 172 valence electrons. The predicted octanol–water partition coefficient (Wildman–Crippen LogP) is 3.40. The van der Waals surface area contributed by atoms with Crippen LogP contribution in [0.5, 0.6) is 0 Å². The zero-order valence-corrected chi connectivity index (χ0v) is 18.6. The minimum Gasteiger partial charge on any atom is -0.464 e. The van der Waals surface area contributed by atoms with Gasteiger partial charge in [0.05, 0.1) is 13.7 Å². The summed E-state index contributed by atoms with van der Waals surface area (Å²) in [5.41, 5.74) is 3.14. The summed E-state index contributed by atoms with van der Waals surface area (Å²) in [6, 6.07) is 8.14. The first-order valence-electron chi connectivity index (χ1n) is 10.8. The smallest absolute Gasteiger partial charge is 0.411 e. The average molecular weight is 443 g/mol. The van der Waals surface area contributed by atoms with Crippen molar-refractivity contribution in [3.8, 4) is 11.1 Å². The number of aromatic nitrogens is 1. The second kappa shape index (κ2) is 10.8. The third-order valence-corrected chi connectivity index (χ3v) is 5.49. The van der Waals surface area contributed by atoms with Crippen molar-refractivity contribution in [1.29, 1.82) is 0 Å². The van der Waals surface area contributed by atoms with Gasteiger partial charge >= 0.3 is 12.1 Å². The molecule has 1 aliphatic heterocycles. The number of pyridine rings is 1. The first kappa shape index (κ1) is 23.3. The lowest BCUT2D eigenvalue weighted by Gasteiger charge is -2.24. The Balaban J connectivity index is 2.13. The van der Waals surface area contributed by atoms with Crippen LogP contribution < -0.4 is 21.5 Å². The third-order valence-electron chi connectivity index (χ3n) is 5.49. The quantitative estimate of drug-likeness (QED) is 0.536. The van der Waals surface area contributed by atoms with Gasteiger partial charge in [-0.3, -0.25) is 10.1 Å². The van der Waals surface area contributed by atoms with Crippen molar-refractivity contribution in [1.82, 2.24) is 10.3 Å². The number of rotatable bonds is 4. The van der Waals surface area contributed by atoms with Crippen molar-refractivity contribution in [2.45, 2.75) is 44.7 Å². The van der Waals surface area contributed by atoms with Crippen LogP contribution in [0.2, 0.25) is 0 Å². The molecular formula is C23H30N4O5. The largest absolute Gasteiger partial charge is 0.464 e. The molecular weight excluding hydrogens is 412 g/mol. The molecule has 0 saturated heterocycles. The molecule has 2 atom stereocenters. The molecule has 2 aromatic rings. The van der Waals surface area contributed by atoms with Crippen LogP contribution in [0.15, 0.2) is 35.1 Å². The Hall–Kier alpha value is -3.33. The molecule has 2 unspecified atom stereocenters. The van der Waals surface area contributed by atoms with Gasteiger partial charge in [-0.25, -0.2) is 9.59 Å². The van der Waals surface area contributed by atoms with Crippen molar-refractivity contribution >= 4 is 23.4 Å². The van der Waals surface area contributed by atoms with Gasteiger partial charge in [0.1, 0.15) is 6.04 Å². The second-order valence-electron chi connectivity index (χ2n) is 7.64. The molecule has 1 aromatic heterocycles. The highest BCUT2D eigenvalue weighted by Crippen LogP contribution is 2.33. The van der Waals surface area contributed by atoms with Crippen LogP contribution in [-0.2, 0) is 14.3 Å². The minimum atomic E-state index is -0.602. The highest BCUT2D eigenvalue weighted by molar-refractivity contribution is 5.90. The molecule has 0 saturated carbocycles. The van der Waals surface area contributed by atoms with Crippen LogP contribution in [0, 0.1) is 0 Å². The van der Waals surface area contributed by atoms with Gasteiger partial charge in [-0.15, -0.1) is 0 Å². The van der Waals surface area contributed by atoms with Gasteiger partial charge in [0.2, 0.25) is 5.56 Å². The van der Waals surface area contributed by atoms with Gasteiger partial charge < -0.3 is 25.1 Å². The molecule has 9 nitrogen and oxygen atoms in total. The first-order chi connectivity index (χ1) is 15.4. The van der Waals surface area contributed by atoms with Crippen molar-refractivity contribution in [3.63, 3.8) is 0 Å². The van der Waals surface area contributed by atoms with Gasteiger partial charge in [-0.2, -0.15) is 0 Å².